The molecule has 0 bridgehead atoms. The zero-order valence-electron chi connectivity index (χ0n) is 13.0. The Hall–Kier alpha value is -2.71. The maximum Gasteiger partial charge on any atom is 0.356 e. The van der Waals surface area contributed by atoms with Crippen LogP contribution in [-0.4, -0.2) is 50.9 Å². The van der Waals surface area contributed by atoms with E-state index in [4.69, 9.17) is 0 Å². The topological polar surface area (TPSA) is 98.2 Å². The summed E-state index contributed by atoms with van der Waals surface area (Å²) in [6.45, 7) is 2.56. The van der Waals surface area contributed by atoms with E-state index in [0.717, 1.165) is 31.6 Å². The highest BCUT2D eigenvalue weighted by Crippen LogP contribution is 2.27. The third-order valence-electron chi connectivity index (χ3n) is 4.54. The minimum absolute atomic E-state index is 0.0246. The number of rotatable bonds is 3. The van der Waals surface area contributed by atoms with Crippen LogP contribution in [0.1, 0.15) is 34.6 Å². The molecule has 4 heterocycles. The van der Waals surface area contributed by atoms with Crippen molar-refractivity contribution in [2.24, 2.45) is 0 Å². The number of fused-ring (bicyclic) bond motifs is 1. The minimum Gasteiger partial charge on any atom is -0.476 e. The van der Waals surface area contributed by atoms with Gasteiger partial charge in [-0.05, 0) is 12.8 Å². The van der Waals surface area contributed by atoms with E-state index in [-0.39, 0.29) is 5.69 Å². The van der Waals surface area contributed by atoms with Crippen molar-refractivity contribution in [1.82, 2.24) is 20.2 Å². The van der Waals surface area contributed by atoms with Crippen molar-refractivity contribution >= 4 is 17.7 Å². The molecule has 2 aliphatic rings. The second kappa shape index (κ2) is 5.73. The van der Waals surface area contributed by atoms with E-state index in [0.29, 0.717) is 36.8 Å². The van der Waals surface area contributed by atoms with E-state index in [9.17, 15) is 14.3 Å². The van der Waals surface area contributed by atoms with Gasteiger partial charge in [0.2, 0.25) is 5.95 Å². The van der Waals surface area contributed by atoms with Gasteiger partial charge in [0.15, 0.2) is 17.3 Å². The molecule has 126 valence electrons. The van der Waals surface area contributed by atoms with Crippen LogP contribution in [0.15, 0.2) is 6.20 Å². The number of carboxylic acid groups (broad SMARTS) is 1. The number of carbonyl (C=O) groups is 1. The SMILES string of the molecule is O=C(O)c1n[nH]c2c1CN(c1ncc(F)c(N3CCCC3)n1)CC2. The third kappa shape index (κ3) is 2.45. The molecular formula is C15H17FN6O2. The first-order valence-corrected chi connectivity index (χ1v) is 7.95. The highest BCUT2D eigenvalue weighted by Gasteiger charge is 2.27. The van der Waals surface area contributed by atoms with Gasteiger partial charge in [-0.3, -0.25) is 5.10 Å². The quantitative estimate of drug-likeness (QED) is 0.871. The smallest absolute Gasteiger partial charge is 0.356 e. The van der Waals surface area contributed by atoms with E-state index < -0.39 is 11.8 Å². The van der Waals surface area contributed by atoms with Crippen LogP contribution in [0.5, 0.6) is 0 Å². The molecule has 2 N–H and O–H groups in total. The normalized spacial score (nSPS) is 17.2. The van der Waals surface area contributed by atoms with Crippen LogP contribution in [-0.2, 0) is 13.0 Å². The van der Waals surface area contributed by atoms with Gasteiger partial charge in [0.25, 0.3) is 0 Å². The van der Waals surface area contributed by atoms with Crippen molar-refractivity contribution in [1.29, 1.82) is 0 Å². The third-order valence-corrected chi connectivity index (χ3v) is 4.54. The molecule has 0 aromatic carbocycles. The number of nitrogens with zero attached hydrogens (tertiary/aromatic N) is 5. The predicted octanol–water partition coefficient (Wildman–Crippen LogP) is 1.20. The lowest BCUT2D eigenvalue weighted by atomic mass is 10.1. The molecule has 0 atom stereocenters. The van der Waals surface area contributed by atoms with Crippen molar-refractivity contribution in [3.05, 3.63) is 29.0 Å². The Balaban J connectivity index is 1.63. The number of carboxylic acids is 1. The molecule has 1 fully saturated rings. The van der Waals surface area contributed by atoms with Crippen LogP contribution in [0, 0.1) is 5.82 Å². The number of halogens is 1. The number of hydrogen-bond acceptors (Lipinski definition) is 6. The molecule has 9 heteroatoms. The van der Waals surface area contributed by atoms with Gasteiger partial charge in [0.05, 0.1) is 12.7 Å². The molecule has 0 amide bonds. The predicted molar refractivity (Wildman–Crippen MR) is 83.7 cm³/mol. The summed E-state index contributed by atoms with van der Waals surface area (Å²) in [5.74, 6) is -0.740. The van der Waals surface area contributed by atoms with Gasteiger partial charge in [0.1, 0.15) is 0 Å². The Morgan fingerprint density at radius 2 is 2.04 bits per heavy atom. The summed E-state index contributed by atoms with van der Waals surface area (Å²) in [6, 6.07) is 0. The van der Waals surface area contributed by atoms with Crippen LogP contribution in [0.3, 0.4) is 0 Å². The van der Waals surface area contributed by atoms with Gasteiger partial charge in [-0.15, -0.1) is 0 Å². The molecule has 2 aliphatic heterocycles. The fourth-order valence-corrected chi connectivity index (χ4v) is 3.29. The molecule has 1 saturated heterocycles. The summed E-state index contributed by atoms with van der Waals surface area (Å²) in [6.07, 6.45) is 3.88. The number of nitrogens with one attached hydrogen (secondary N) is 1. The zero-order chi connectivity index (χ0) is 16.7. The molecule has 0 radical (unpaired) electrons. The monoisotopic (exact) mass is 332 g/mol. The van der Waals surface area contributed by atoms with Crippen molar-refractivity contribution in [2.75, 3.05) is 29.4 Å². The fraction of sp³-hybridized carbons (Fsp3) is 0.467. The van der Waals surface area contributed by atoms with Gasteiger partial charge in [-0.25, -0.2) is 14.2 Å². The van der Waals surface area contributed by atoms with Crippen molar-refractivity contribution in [3.63, 3.8) is 0 Å². The standard InChI is InChI=1S/C15H17FN6O2/c16-10-7-17-15(18-13(10)21-4-1-2-5-21)22-6-3-11-9(8-22)12(14(23)24)20-19-11/h7H,1-6,8H2,(H,19,20)(H,23,24). The van der Waals surface area contributed by atoms with E-state index in [2.05, 4.69) is 20.2 Å². The van der Waals surface area contributed by atoms with Gasteiger partial charge >= 0.3 is 5.97 Å². The van der Waals surface area contributed by atoms with Crippen LogP contribution in [0.2, 0.25) is 0 Å². The van der Waals surface area contributed by atoms with Crippen molar-refractivity contribution < 1.29 is 14.3 Å². The van der Waals surface area contributed by atoms with Crippen LogP contribution in [0.4, 0.5) is 16.2 Å². The van der Waals surface area contributed by atoms with E-state index in [1.807, 2.05) is 9.80 Å². The van der Waals surface area contributed by atoms with E-state index in [1.54, 1.807) is 0 Å². The summed E-state index contributed by atoms with van der Waals surface area (Å²) in [5, 5.41) is 15.9. The molecular weight excluding hydrogens is 315 g/mol. The van der Waals surface area contributed by atoms with Crippen molar-refractivity contribution in [3.8, 4) is 0 Å². The summed E-state index contributed by atoms with van der Waals surface area (Å²) in [5.41, 5.74) is 1.49. The van der Waals surface area contributed by atoms with E-state index in [1.165, 1.54) is 6.20 Å². The number of H-pyrrole nitrogens is 1. The number of aromatic nitrogens is 4. The molecule has 0 unspecified atom stereocenters. The second-order valence-corrected chi connectivity index (χ2v) is 6.04. The summed E-state index contributed by atoms with van der Waals surface area (Å²) < 4.78 is 14.1. The Morgan fingerprint density at radius 3 is 2.79 bits per heavy atom. The maximum absolute atomic E-state index is 14.1. The Kier molecular flexibility index (Phi) is 3.55. The summed E-state index contributed by atoms with van der Waals surface area (Å²) in [7, 11) is 0. The molecule has 2 aromatic heterocycles. The molecule has 0 saturated carbocycles. The van der Waals surface area contributed by atoms with Crippen LogP contribution in [0.25, 0.3) is 0 Å². The molecule has 8 nitrogen and oxygen atoms in total. The van der Waals surface area contributed by atoms with Gasteiger partial charge in [0, 0.05) is 37.3 Å². The minimum atomic E-state index is -1.06. The highest BCUT2D eigenvalue weighted by atomic mass is 19.1. The fourth-order valence-electron chi connectivity index (χ4n) is 3.29. The molecule has 4 rings (SSSR count). The molecule has 0 spiro atoms. The largest absolute Gasteiger partial charge is 0.476 e. The van der Waals surface area contributed by atoms with Gasteiger partial charge in [-0.2, -0.15) is 10.1 Å². The average Bonchev–Trinajstić information content (AvgIpc) is 3.24. The summed E-state index contributed by atoms with van der Waals surface area (Å²) in [4.78, 5) is 23.6. The lowest BCUT2D eigenvalue weighted by Crippen LogP contribution is -2.33. The Labute approximate surface area is 137 Å². The van der Waals surface area contributed by atoms with Crippen LogP contribution >= 0.6 is 0 Å². The first-order valence-electron chi connectivity index (χ1n) is 7.95. The average molecular weight is 332 g/mol. The van der Waals surface area contributed by atoms with Gasteiger partial charge < -0.3 is 14.9 Å². The van der Waals surface area contributed by atoms with E-state index >= 15 is 0 Å². The summed E-state index contributed by atoms with van der Waals surface area (Å²) >= 11 is 0. The number of anilines is 2. The zero-order valence-corrected chi connectivity index (χ0v) is 13.0. The number of aromatic amines is 1. The Bertz CT molecular complexity index is 786. The first kappa shape index (κ1) is 14.9. The second-order valence-electron chi connectivity index (χ2n) is 6.04. The van der Waals surface area contributed by atoms with Crippen LogP contribution < -0.4 is 9.80 Å². The number of hydrogen-bond donors (Lipinski definition) is 2. The Morgan fingerprint density at radius 1 is 1.25 bits per heavy atom. The highest BCUT2D eigenvalue weighted by molar-refractivity contribution is 5.87. The lowest BCUT2D eigenvalue weighted by molar-refractivity contribution is 0.0689. The molecule has 0 aliphatic carbocycles. The van der Waals surface area contributed by atoms with Gasteiger partial charge in [-0.1, -0.05) is 0 Å². The molecule has 2 aromatic rings. The number of aromatic carboxylic acids is 1. The first-order chi connectivity index (χ1) is 11.6. The molecule has 24 heavy (non-hydrogen) atoms. The maximum atomic E-state index is 14.1. The lowest BCUT2D eigenvalue weighted by Gasteiger charge is -2.28. The van der Waals surface area contributed by atoms with Crippen molar-refractivity contribution in [2.45, 2.75) is 25.8 Å².